The SMILES string of the molecule is CCCC(CCC)S(=O)(=O)C[C@@H](NC(=O)O[C@@H]1CCSC1)C(=O)O[C@H](CNCc1cccc(CC)c1)C(N)Cc1cc(F)cc(F)c1. The highest BCUT2D eigenvalue weighted by molar-refractivity contribution is 7.99. The average molecular weight is 698 g/mol. The molecule has 1 fully saturated rings. The lowest BCUT2D eigenvalue weighted by atomic mass is 10.0. The maximum absolute atomic E-state index is 14.0. The first kappa shape index (κ1) is 38.7. The molecule has 3 rings (SSSR count). The van der Waals surface area contributed by atoms with Crippen molar-refractivity contribution < 1.29 is 36.3 Å². The number of alkyl carbamates (subject to hydrolysis) is 1. The van der Waals surface area contributed by atoms with E-state index in [0.717, 1.165) is 41.5 Å². The molecule has 0 aliphatic carbocycles. The number of ether oxygens (including phenoxy) is 2. The molecule has 1 amide bonds. The normalized spacial score (nSPS) is 16.9. The molecule has 9 nitrogen and oxygen atoms in total. The lowest BCUT2D eigenvalue weighted by molar-refractivity contribution is -0.151. The number of sulfone groups is 1. The van der Waals surface area contributed by atoms with Crippen molar-refractivity contribution >= 4 is 33.7 Å². The molecule has 4 atom stereocenters. The van der Waals surface area contributed by atoms with Crippen molar-refractivity contribution in [3.8, 4) is 0 Å². The van der Waals surface area contributed by atoms with E-state index in [1.165, 1.54) is 0 Å². The molecule has 47 heavy (non-hydrogen) atoms. The van der Waals surface area contributed by atoms with Gasteiger partial charge in [-0.3, -0.25) is 0 Å². The molecule has 0 aromatic heterocycles. The zero-order chi connectivity index (χ0) is 34.4. The summed E-state index contributed by atoms with van der Waals surface area (Å²) >= 11 is 1.64. The molecule has 13 heteroatoms. The number of benzene rings is 2. The van der Waals surface area contributed by atoms with E-state index in [0.29, 0.717) is 44.4 Å². The minimum absolute atomic E-state index is 0.0352. The van der Waals surface area contributed by atoms with Crippen LogP contribution in [0.1, 0.15) is 69.6 Å². The van der Waals surface area contributed by atoms with E-state index in [2.05, 4.69) is 17.6 Å². The van der Waals surface area contributed by atoms with Gasteiger partial charge in [0.2, 0.25) is 0 Å². The van der Waals surface area contributed by atoms with Crippen LogP contribution in [0.15, 0.2) is 42.5 Å². The third-order valence-corrected chi connectivity index (χ3v) is 11.5. The molecule has 262 valence electrons. The van der Waals surface area contributed by atoms with Gasteiger partial charge in [0.25, 0.3) is 0 Å². The van der Waals surface area contributed by atoms with Crippen molar-refractivity contribution in [1.82, 2.24) is 10.6 Å². The number of halogens is 2. The van der Waals surface area contributed by atoms with Crippen LogP contribution in [0.25, 0.3) is 0 Å². The summed E-state index contributed by atoms with van der Waals surface area (Å²) in [5.41, 5.74) is 8.91. The van der Waals surface area contributed by atoms with E-state index in [9.17, 15) is 26.8 Å². The molecular formula is C34H49F2N3O6S2. The van der Waals surface area contributed by atoms with Crippen LogP contribution >= 0.6 is 11.8 Å². The minimum atomic E-state index is -3.84. The van der Waals surface area contributed by atoms with Crippen LogP contribution < -0.4 is 16.4 Å². The van der Waals surface area contributed by atoms with Gasteiger partial charge in [-0.2, -0.15) is 11.8 Å². The van der Waals surface area contributed by atoms with Crippen molar-refractivity contribution in [3.63, 3.8) is 0 Å². The number of nitrogens with one attached hydrogen (secondary N) is 2. The molecule has 2 aromatic rings. The highest BCUT2D eigenvalue weighted by atomic mass is 32.2. The average Bonchev–Trinajstić information content (AvgIpc) is 3.52. The highest BCUT2D eigenvalue weighted by Gasteiger charge is 2.36. The van der Waals surface area contributed by atoms with Gasteiger partial charge in [0.05, 0.1) is 11.0 Å². The Labute approximate surface area is 282 Å². The van der Waals surface area contributed by atoms with E-state index >= 15 is 0 Å². The molecule has 0 saturated carbocycles. The molecule has 2 aromatic carbocycles. The summed E-state index contributed by atoms with van der Waals surface area (Å²) in [6, 6.07) is 8.54. The van der Waals surface area contributed by atoms with Gasteiger partial charge in [-0.1, -0.05) is 57.9 Å². The highest BCUT2D eigenvalue weighted by Crippen LogP contribution is 2.21. The van der Waals surface area contributed by atoms with Crippen LogP contribution in [0, 0.1) is 11.6 Å². The van der Waals surface area contributed by atoms with Crippen LogP contribution in [0.5, 0.6) is 0 Å². The second-order valence-corrected chi connectivity index (χ2v) is 15.5. The predicted octanol–water partition coefficient (Wildman–Crippen LogP) is 5.08. The van der Waals surface area contributed by atoms with Gasteiger partial charge in [0, 0.05) is 31.0 Å². The Kier molecular flexibility index (Phi) is 15.9. The summed E-state index contributed by atoms with van der Waals surface area (Å²) in [6.07, 6.45) is 1.31. The Morgan fingerprint density at radius 2 is 1.70 bits per heavy atom. The molecule has 1 heterocycles. The van der Waals surface area contributed by atoms with Gasteiger partial charge in [-0.25, -0.2) is 26.8 Å². The monoisotopic (exact) mass is 697 g/mol. The van der Waals surface area contributed by atoms with Gasteiger partial charge in [-0.15, -0.1) is 0 Å². The fourth-order valence-corrected chi connectivity index (χ4v) is 8.82. The maximum Gasteiger partial charge on any atom is 0.408 e. The Bertz CT molecular complexity index is 1380. The number of esters is 1. The third kappa shape index (κ3) is 13.0. The van der Waals surface area contributed by atoms with E-state index in [1.54, 1.807) is 11.8 Å². The summed E-state index contributed by atoms with van der Waals surface area (Å²) in [5, 5.41) is 5.01. The molecule has 0 bridgehead atoms. The molecule has 4 N–H and O–H groups in total. The van der Waals surface area contributed by atoms with E-state index < -0.39 is 62.7 Å². The van der Waals surface area contributed by atoms with Crippen molar-refractivity contribution in [2.45, 2.75) is 102 Å². The number of rotatable bonds is 19. The lowest BCUT2D eigenvalue weighted by Gasteiger charge is -2.28. The number of hydrogen-bond acceptors (Lipinski definition) is 9. The minimum Gasteiger partial charge on any atom is -0.458 e. The predicted molar refractivity (Wildman–Crippen MR) is 182 cm³/mol. The topological polar surface area (TPSA) is 137 Å². The second-order valence-electron chi connectivity index (χ2n) is 12.0. The van der Waals surface area contributed by atoms with E-state index in [-0.39, 0.29) is 24.6 Å². The Hall–Kier alpha value is -2.74. The van der Waals surface area contributed by atoms with Gasteiger partial charge >= 0.3 is 12.1 Å². The first-order chi connectivity index (χ1) is 22.4. The van der Waals surface area contributed by atoms with Crippen LogP contribution in [0.2, 0.25) is 0 Å². The molecule has 1 aliphatic rings. The van der Waals surface area contributed by atoms with Crippen LogP contribution in [-0.2, 0) is 43.5 Å². The first-order valence-electron chi connectivity index (χ1n) is 16.4. The zero-order valence-electron chi connectivity index (χ0n) is 27.5. The molecule has 0 radical (unpaired) electrons. The zero-order valence-corrected chi connectivity index (χ0v) is 29.1. The van der Waals surface area contributed by atoms with Gasteiger partial charge in [-0.05, 0) is 66.7 Å². The smallest absolute Gasteiger partial charge is 0.408 e. The second kappa shape index (κ2) is 19.3. The van der Waals surface area contributed by atoms with Crippen LogP contribution in [-0.4, -0.2) is 73.8 Å². The largest absolute Gasteiger partial charge is 0.458 e. The summed E-state index contributed by atoms with van der Waals surface area (Å²) in [4.78, 5) is 26.6. The van der Waals surface area contributed by atoms with Crippen LogP contribution in [0.3, 0.4) is 0 Å². The first-order valence-corrected chi connectivity index (χ1v) is 19.3. The van der Waals surface area contributed by atoms with Crippen molar-refractivity contribution in [1.29, 1.82) is 0 Å². The van der Waals surface area contributed by atoms with Crippen molar-refractivity contribution in [2.75, 3.05) is 23.8 Å². The Balaban J connectivity index is 1.84. The molecule has 0 spiro atoms. The van der Waals surface area contributed by atoms with Gasteiger partial charge in [0.15, 0.2) is 9.84 Å². The number of hydrogen-bond donors (Lipinski definition) is 3. The van der Waals surface area contributed by atoms with Crippen molar-refractivity contribution in [3.05, 3.63) is 70.8 Å². The van der Waals surface area contributed by atoms with Gasteiger partial charge in [0.1, 0.15) is 29.9 Å². The molecule has 1 saturated heterocycles. The van der Waals surface area contributed by atoms with Crippen molar-refractivity contribution in [2.24, 2.45) is 5.73 Å². The van der Waals surface area contributed by atoms with E-state index in [1.807, 2.05) is 38.1 Å². The standard InChI is InChI=1S/C34H49F2N3O6S2/c1-4-8-29(9-5-2)47(42,43)22-31(39-34(41)44-28-12-13-46-21-28)33(40)45-32(20-38-19-24-11-7-10-23(6-3)14-24)30(37)17-25-15-26(35)18-27(36)16-25/h7,10-11,14-16,18,28-32,38H,4-6,8-9,12-13,17,19-22,37H2,1-3H3,(H,39,41)/t28-,30?,31-,32-/m1/s1. The summed E-state index contributed by atoms with van der Waals surface area (Å²) in [6.45, 7) is 6.30. The number of carbonyl (C=O) groups is 2. The molecule has 1 unspecified atom stereocenters. The number of amides is 1. The summed E-state index contributed by atoms with van der Waals surface area (Å²) in [7, 11) is -3.84. The summed E-state index contributed by atoms with van der Waals surface area (Å²) < 4.78 is 66.3. The molecular weight excluding hydrogens is 649 g/mol. The maximum atomic E-state index is 14.0. The molecule has 1 aliphatic heterocycles. The number of thioether (sulfide) groups is 1. The lowest BCUT2D eigenvalue weighted by Crippen LogP contribution is -2.52. The quantitative estimate of drug-likeness (QED) is 0.172. The summed E-state index contributed by atoms with van der Waals surface area (Å²) in [5.74, 6) is -1.75. The fraction of sp³-hybridized carbons (Fsp3) is 0.588. The van der Waals surface area contributed by atoms with E-state index in [4.69, 9.17) is 15.2 Å². The number of carbonyl (C=O) groups excluding carboxylic acids is 2. The number of aryl methyl sites for hydroxylation is 1. The third-order valence-electron chi connectivity index (χ3n) is 8.08. The van der Waals surface area contributed by atoms with Gasteiger partial charge < -0.3 is 25.8 Å². The number of nitrogens with two attached hydrogens (primary N) is 1. The fourth-order valence-electron chi connectivity index (χ4n) is 5.58. The Morgan fingerprint density at radius 1 is 1.02 bits per heavy atom. The Morgan fingerprint density at radius 3 is 2.32 bits per heavy atom. The van der Waals surface area contributed by atoms with Crippen LogP contribution in [0.4, 0.5) is 13.6 Å².